The number of nitrogens with zero attached hydrogens (tertiary/aromatic N) is 1. The van der Waals surface area contributed by atoms with E-state index in [0.717, 1.165) is 21.6 Å². The predicted molar refractivity (Wildman–Crippen MR) is 139 cm³/mol. The Morgan fingerprint density at radius 1 is 1.14 bits per heavy atom. The molecule has 7 nitrogen and oxygen atoms in total. The minimum Gasteiger partial charge on any atom is -0.489 e. The number of fused-ring (bicyclic) bond motifs is 1. The molecule has 3 aromatic rings. The van der Waals surface area contributed by atoms with E-state index in [1.54, 1.807) is 31.2 Å². The SMILES string of the molecule is CCCN(CC(CC)Oc1ccc(OCC(=O)OC)c(C)c1)S(=O)(=O)c1sc2ccc(F)cc2c1C. The monoisotopic (exact) mass is 537 g/mol. The van der Waals surface area contributed by atoms with Crippen molar-refractivity contribution >= 4 is 37.4 Å². The molecular formula is C26H32FNO6S2. The number of rotatable bonds is 12. The first kappa shape index (κ1) is 27.9. The smallest absolute Gasteiger partial charge is 0.343 e. The van der Waals surface area contributed by atoms with Crippen LogP contribution in [0.15, 0.2) is 40.6 Å². The number of halogens is 1. The third-order valence-electron chi connectivity index (χ3n) is 5.79. The van der Waals surface area contributed by atoms with Gasteiger partial charge >= 0.3 is 5.97 Å². The van der Waals surface area contributed by atoms with E-state index in [0.29, 0.717) is 41.8 Å². The lowest BCUT2D eigenvalue weighted by Crippen LogP contribution is -2.40. The summed E-state index contributed by atoms with van der Waals surface area (Å²) in [6, 6.07) is 9.56. The predicted octanol–water partition coefficient (Wildman–Crippen LogP) is 5.47. The molecule has 10 heteroatoms. The number of aryl methyl sites for hydroxylation is 2. The highest BCUT2D eigenvalue weighted by atomic mass is 32.2. The summed E-state index contributed by atoms with van der Waals surface area (Å²) >= 11 is 1.16. The van der Waals surface area contributed by atoms with Crippen LogP contribution in [0.1, 0.15) is 37.8 Å². The molecule has 0 aliphatic rings. The summed E-state index contributed by atoms with van der Waals surface area (Å²) in [5.74, 6) is 0.242. The molecular weight excluding hydrogens is 505 g/mol. The van der Waals surface area contributed by atoms with Crippen LogP contribution in [0.5, 0.6) is 11.5 Å². The summed E-state index contributed by atoms with van der Waals surface area (Å²) in [4.78, 5) is 11.3. The van der Waals surface area contributed by atoms with E-state index in [-0.39, 0.29) is 23.5 Å². The van der Waals surface area contributed by atoms with E-state index < -0.39 is 21.8 Å². The van der Waals surface area contributed by atoms with Crippen molar-refractivity contribution in [2.24, 2.45) is 0 Å². The van der Waals surface area contributed by atoms with Crippen LogP contribution in [0.25, 0.3) is 10.1 Å². The molecule has 0 aliphatic heterocycles. The van der Waals surface area contributed by atoms with Crippen molar-refractivity contribution < 1.29 is 31.8 Å². The van der Waals surface area contributed by atoms with Crippen molar-refractivity contribution in [2.45, 2.75) is 50.8 Å². The van der Waals surface area contributed by atoms with Gasteiger partial charge in [0.2, 0.25) is 0 Å². The Labute approximate surface area is 215 Å². The molecule has 0 N–H and O–H groups in total. The molecule has 1 heterocycles. The summed E-state index contributed by atoms with van der Waals surface area (Å²) < 4.78 is 59.8. The molecule has 1 atom stereocenters. The average Bonchev–Trinajstić information content (AvgIpc) is 3.18. The third-order valence-corrected chi connectivity index (χ3v) is 9.52. The normalized spacial score (nSPS) is 12.6. The van der Waals surface area contributed by atoms with Crippen molar-refractivity contribution in [2.75, 3.05) is 26.8 Å². The fraction of sp³-hybridized carbons (Fsp3) is 0.423. The zero-order valence-corrected chi connectivity index (χ0v) is 22.8. The molecule has 36 heavy (non-hydrogen) atoms. The van der Waals surface area contributed by atoms with Crippen LogP contribution in [-0.4, -0.2) is 51.6 Å². The van der Waals surface area contributed by atoms with Gasteiger partial charge in [0.1, 0.15) is 27.6 Å². The summed E-state index contributed by atoms with van der Waals surface area (Å²) in [5.41, 5.74) is 1.33. The highest BCUT2D eigenvalue weighted by Crippen LogP contribution is 2.36. The molecule has 0 saturated heterocycles. The van der Waals surface area contributed by atoms with Crippen molar-refractivity contribution in [3.05, 3.63) is 53.3 Å². The summed E-state index contributed by atoms with van der Waals surface area (Å²) in [7, 11) is -2.52. The Bertz CT molecular complexity index is 1320. The lowest BCUT2D eigenvalue weighted by atomic mass is 10.2. The van der Waals surface area contributed by atoms with Crippen LogP contribution < -0.4 is 9.47 Å². The minimum atomic E-state index is -3.81. The number of hydrogen-bond donors (Lipinski definition) is 0. The third kappa shape index (κ3) is 6.35. The number of carbonyl (C=O) groups is 1. The number of ether oxygens (including phenoxy) is 3. The summed E-state index contributed by atoms with van der Waals surface area (Å²) in [5, 5.41) is 0.614. The molecule has 0 radical (unpaired) electrons. The Hall–Kier alpha value is -2.69. The van der Waals surface area contributed by atoms with Crippen molar-refractivity contribution in [3.63, 3.8) is 0 Å². The standard InChI is InChI=1S/C26H32FNO6S2/c1-6-12-28(36(30,31)26-18(4)22-14-19(27)8-11-24(22)35-26)15-20(7-2)34-21-9-10-23(17(3)13-21)33-16-25(29)32-5/h8-11,13-14,20H,6-7,12,15-16H2,1-5H3. The molecule has 0 fully saturated rings. The maximum Gasteiger partial charge on any atom is 0.343 e. The average molecular weight is 538 g/mol. The molecule has 0 aliphatic carbocycles. The number of esters is 1. The maximum absolute atomic E-state index is 13.8. The highest BCUT2D eigenvalue weighted by molar-refractivity contribution is 7.91. The fourth-order valence-electron chi connectivity index (χ4n) is 3.82. The van der Waals surface area contributed by atoms with Crippen LogP contribution >= 0.6 is 11.3 Å². The number of benzene rings is 2. The van der Waals surface area contributed by atoms with Crippen LogP contribution in [0.4, 0.5) is 4.39 Å². The van der Waals surface area contributed by atoms with Gasteiger partial charge in [-0.25, -0.2) is 17.6 Å². The number of methoxy groups -OCH3 is 1. The Morgan fingerprint density at radius 2 is 1.89 bits per heavy atom. The Morgan fingerprint density at radius 3 is 2.53 bits per heavy atom. The number of hydrogen-bond acceptors (Lipinski definition) is 7. The zero-order valence-electron chi connectivity index (χ0n) is 21.2. The van der Waals surface area contributed by atoms with Gasteiger partial charge in [-0.3, -0.25) is 0 Å². The lowest BCUT2D eigenvalue weighted by Gasteiger charge is -2.27. The topological polar surface area (TPSA) is 82.1 Å². The van der Waals surface area contributed by atoms with Gasteiger partial charge in [0.15, 0.2) is 6.61 Å². The van der Waals surface area contributed by atoms with Gasteiger partial charge < -0.3 is 14.2 Å². The quantitative estimate of drug-likeness (QED) is 0.285. The largest absolute Gasteiger partial charge is 0.489 e. The molecule has 0 saturated carbocycles. The molecule has 2 aromatic carbocycles. The van der Waals surface area contributed by atoms with Crippen molar-refractivity contribution in [1.82, 2.24) is 4.31 Å². The van der Waals surface area contributed by atoms with Gasteiger partial charge in [-0.2, -0.15) is 4.31 Å². The molecule has 1 unspecified atom stereocenters. The van der Waals surface area contributed by atoms with E-state index >= 15 is 0 Å². The first-order valence-electron chi connectivity index (χ1n) is 11.8. The summed E-state index contributed by atoms with van der Waals surface area (Å²) in [6.45, 7) is 7.74. The number of thiophene rings is 1. The van der Waals surface area contributed by atoms with Crippen molar-refractivity contribution in [1.29, 1.82) is 0 Å². The van der Waals surface area contributed by atoms with Crippen LogP contribution in [0, 0.1) is 19.7 Å². The lowest BCUT2D eigenvalue weighted by molar-refractivity contribution is -0.142. The second-order valence-corrected chi connectivity index (χ2v) is 11.6. The van der Waals surface area contributed by atoms with Gasteiger partial charge in [-0.15, -0.1) is 11.3 Å². The van der Waals surface area contributed by atoms with Gasteiger partial charge in [-0.1, -0.05) is 13.8 Å². The van der Waals surface area contributed by atoms with Crippen molar-refractivity contribution in [3.8, 4) is 11.5 Å². The molecule has 3 rings (SSSR count). The minimum absolute atomic E-state index is 0.175. The van der Waals surface area contributed by atoms with E-state index in [1.165, 1.54) is 23.5 Å². The van der Waals surface area contributed by atoms with Crippen LogP contribution in [-0.2, 0) is 19.6 Å². The second-order valence-electron chi connectivity index (χ2n) is 8.46. The first-order chi connectivity index (χ1) is 17.1. The van der Waals surface area contributed by atoms with Gasteiger partial charge in [0.05, 0.1) is 13.7 Å². The number of sulfonamides is 1. The Balaban J connectivity index is 1.80. The van der Waals surface area contributed by atoms with Crippen LogP contribution in [0.2, 0.25) is 0 Å². The van der Waals surface area contributed by atoms with Crippen LogP contribution in [0.3, 0.4) is 0 Å². The van der Waals surface area contributed by atoms with E-state index in [1.807, 2.05) is 20.8 Å². The molecule has 0 spiro atoms. The molecule has 0 bridgehead atoms. The highest BCUT2D eigenvalue weighted by Gasteiger charge is 2.31. The van der Waals surface area contributed by atoms with Gasteiger partial charge in [0.25, 0.3) is 10.0 Å². The molecule has 196 valence electrons. The first-order valence-corrected chi connectivity index (χ1v) is 14.0. The summed E-state index contributed by atoms with van der Waals surface area (Å²) in [6.07, 6.45) is 0.839. The van der Waals surface area contributed by atoms with E-state index in [9.17, 15) is 17.6 Å². The number of carbonyl (C=O) groups excluding carboxylic acids is 1. The maximum atomic E-state index is 13.8. The molecule has 1 aromatic heterocycles. The van der Waals surface area contributed by atoms with Gasteiger partial charge in [-0.05, 0) is 79.6 Å². The fourth-order valence-corrected chi connectivity index (χ4v) is 7.26. The second kappa shape index (κ2) is 12.0. The zero-order chi connectivity index (χ0) is 26.5. The van der Waals surface area contributed by atoms with E-state index in [2.05, 4.69) is 4.74 Å². The Kier molecular flexibility index (Phi) is 9.32. The van der Waals surface area contributed by atoms with Gasteiger partial charge in [0, 0.05) is 11.2 Å². The van der Waals surface area contributed by atoms with E-state index in [4.69, 9.17) is 9.47 Å². The molecule has 0 amide bonds.